The number of hydrogen-bond donors (Lipinski definition) is 0. The normalized spacial score (nSPS) is 11.8. The van der Waals surface area contributed by atoms with E-state index in [9.17, 15) is 0 Å². The summed E-state index contributed by atoms with van der Waals surface area (Å²) >= 11 is 1.90. The van der Waals surface area contributed by atoms with Crippen LogP contribution in [0.2, 0.25) is 0 Å². The predicted molar refractivity (Wildman–Crippen MR) is 156 cm³/mol. The van der Waals surface area contributed by atoms with Gasteiger partial charge in [-0.2, -0.15) is 0 Å². The number of nitrogens with zero attached hydrogens (tertiary/aromatic N) is 2. The van der Waals surface area contributed by atoms with Crippen LogP contribution in [0.15, 0.2) is 97.3 Å². The Morgan fingerprint density at radius 3 is 2.08 bits per heavy atom. The molecule has 0 aliphatic heterocycles. The molecular weight excluding hydrogens is 456 g/mol. The standard InChI is InChI=1S/C33H30N2S/c1-21(2)28-19-24(25-14-10-15-27-26-13-8-9-16-30(26)36-32(25)27)20-29(22(3)4)31(28)35-18-17-34-33(35)23-11-6-5-7-12-23/h5-22H,1-4H3. The Morgan fingerprint density at radius 2 is 1.36 bits per heavy atom. The van der Waals surface area contributed by atoms with Crippen molar-refractivity contribution in [3.05, 3.63) is 108 Å². The number of benzene rings is 4. The lowest BCUT2D eigenvalue weighted by Crippen LogP contribution is -2.08. The molecule has 0 amide bonds. The first kappa shape index (κ1) is 22.8. The van der Waals surface area contributed by atoms with Crippen molar-refractivity contribution in [2.45, 2.75) is 39.5 Å². The third-order valence-electron chi connectivity index (χ3n) is 7.04. The molecule has 3 heteroatoms. The number of rotatable bonds is 5. The first-order valence-electron chi connectivity index (χ1n) is 12.7. The third-order valence-corrected chi connectivity index (χ3v) is 8.26. The van der Waals surface area contributed by atoms with Crippen molar-refractivity contribution in [1.82, 2.24) is 9.55 Å². The summed E-state index contributed by atoms with van der Waals surface area (Å²) in [6.45, 7) is 9.19. The summed E-state index contributed by atoms with van der Waals surface area (Å²) < 4.78 is 5.00. The summed E-state index contributed by atoms with van der Waals surface area (Å²) in [6.07, 6.45) is 4.03. The van der Waals surface area contributed by atoms with Gasteiger partial charge in [-0.25, -0.2) is 4.98 Å². The number of aromatic nitrogens is 2. The fraction of sp³-hybridized carbons (Fsp3) is 0.182. The van der Waals surface area contributed by atoms with Crippen LogP contribution in [0, 0.1) is 0 Å². The highest BCUT2D eigenvalue weighted by Crippen LogP contribution is 2.43. The number of imidazole rings is 1. The van der Waals surface area contributed by atoms with Crippen LogP contribution in [-0.4, -0.2) is 9.55 Å². The van der Waals surface area contributed by atoms with Crippen molar-refractivity contribution in [1.29, 1.82) is 0 Å². The van der Waals surface area contributed by atoms with Gasteiger partial charge in [0.25, 0.3) is 0 Å². The highest BCUT2D eigenvalue weighted by Gasteiger charge is 2.21. The van der Waals surface area contributed by atoms with Crippen molar-refractivity contribution in [3.63, 3.8) is 0 Å². The van der Waals surface area contributed by atoms with E-state index in [0.29, 0.717) is 11.8 Å². The van der Waals surface area contributed by atoms with E-state index in [0.717, 1.165) is 11.4 Å². The van der Waals surface area contributed by atoms with Crippen molar-refractivity contribution in [2.75, 3.05) is 0 Å². The maximum Gasteiger partial charge on any atom is 0.144 e. The minimum atomic E-state index is 0.366. The lowest BCUT2D eigenvalue weighted by Gasteiger charge is -2.24. The van der Waals surface area contributed by atoms with E-state index in [1.54, 1.807) is 0 Å². The van der Waals surface area contributed by atoms with Crippen molar-refractivity contribution in [3.8, 4) is 28.2 Å². The summed E-state index contributed by atoms with van der Waals surface area (Å²) in [4.78, 5) is 4.77. The van der Waals surface area contributed by atoms with Gasteiger partial charge in [0.15, 0.2) is 0 Å². The minimum Gasteiger partial charge on any atom is -0.299 e. The van der Waals surface area contributed by atoms with Gasteiger partial charge in [-0.05, 0) is 52.3 Å². The Hall–Kier alpha value is -3.69. The molecule has 0 N–H and O–H groups in total. The molecule has 178 valence electrons. The molecule has 6 aromatic rings. The van der Waals surface area contributed by atoms with Gasteiger partial charge >= 0.3 is 0 Å². The Morgan fingerprint density at radius 1 is 0.694 bits per heavy atom. The molecule has 36 heavy (non-hydrogen) atoms. The molecule has 4 aromatic carbocycles. The zero-order valence-corrected chi connectivity index (χ0v) is 22.0. The van der Waals surface area contributed by atoms with Crippen LogP contribution >= 0.6 is 11.3 Å². The molecule has 0 aliphatic rings. The topological polar surface area (TPSA) is 17.8 Å². The molecule has 0 saturated carbocycles. The lowest BCUT2D eigenvalue weighted by molar-refractivity contribution is 0.807. The SMILES string of the molecule is CC(C)c1cc(-c2cccc3c2sc2ccccc23)cc(C(C)C)c1-n1ccnc1-c1ccccc1. The Kier molecular flexibility index (Phi) is 5.73. The quantitative estimate of drug-likeness (QED) is 0.237. The second kappa shape index (κ2) is 9.07. The maximum atomic E-state index is 4.77. The highest BCUT2D eigenvalue weighted by atomic mass is 32.1. The molecule has 0 atom stereocenters. The van der Waals surface area contributed by atoms with Gasteiger partial charge in [0.2, 0.25) is 0 Å². The van der Waals surface area contributed by atoms with Crippen LogP contribution in [0.5, 0.6) is 0 Å². The van der Waals surface area contributed by atoms with Gasteiger partial charge in [-0.3, -0.25) is 4.57 Å². The molecule has 0 fully saturated rings. The van der Waals surface area contributed by atoms with Crippen LogP contribution in [0.4, 0.5) is 0 Å². The molecule has 0 spiro atoms. The van der Waals surface area contributed by atoms with Crippen LogP contribution < -0.4 is 0 Å². The van der Waals surface area contributed by atoms with Crippen LogP contribution in [0.1, 0.15) is 50.7 Å². The highest BCUT2D eigenvalue weighted by molar-refractivity contribution is 7.26. The lowest BCUT2D eigenvalue weighted by atomic mass is 9.88. The predicted octanol–water partition coefficient (Wildman–Crippen LogP) is 9.82. The van der Waals surface area contributed by atoms with Gasteiger partial charge in [0.05, 0.1) is 5.69 Å². The smallest absolute Gasteiger partial charge is 0.144 e. The van der Waals surface area contributed by atoms with Gasteiger partial charge in [-0.1, -0.05) is 94.4 Å². The largest absolute Gasteiger partial charge is 0.299 e. The fourth-order valence-corrected chi connectivity index (χ4v) is 6.49. The molecule has 0 aliphatic carbocycles. The van der Waals surface area contributed by atoms with E-state index in [-0.39, 0.29) is 0 Å². The van der Waals surface area contributed by atoms with E-state index in [4.69, 9.17) is 4.98 Å². The second-order valence-corrected chi connectivity index (χ2v) is 11.1. The minimum absolute atomic E-state index is 0.366. The maximum absolute atomic E-state index is 4.77. The summed E-state index contributed by atoms with van der Waals surface area (Å²) in [6, 6.07) is 30.8. The molecular formula is C33H30N2S. The van der Waals surface area contributed by atoms with Crippen LogP contribution in [0.3, 0.4) is 0 Å². The fourth-order valence-electron chi connectivity index (χ4n) is 5.25. The van der Waals surface area contributed by atoms with Gasteiger partial charge < -0.3 is 0 Å². The van der Waals surface area contributed by atoms with Crippen molar-refractivity contribution < 1.29 is 0 Å². The van der Waals surface area contributed by atoms with Gasteiger partial charge in [0.1, 0.15) is 5.82 Å². The molecule has 0 bridgehead atoms. The summed E-state index contributed by atoms with van der Waals surface area (Å²) in [5.41, 5.74) is 7.71. The van der Waals surface area contributed by atoms with Gasteiger partial charge in [0, 0.05) is 38.1 Å². The molecule has 2 aromatic heterocycles. The second-order valence-electron chi connectivity index (χ2n) is 10.1. The molecule has 0 unspecified atom stereocenters. The van der Waals surface area contributed by atoms with E-state index >= 15 is 0 Å². The van der Waals surface area contributed by atoms with Crippen LogP contribution in [-0.2, 0) is 0 Å². The van der Waals surface area contributed by atoms with Crippen molar-refractivity contribution >= 4 is 31.5 Å². The first-order chi connectivity index (χ1) is 17.5. The molecule has 0 saturated heterocycles. The Labute approximate surface area is 216 Å². The van der Waals surface area contributed by atoms with E-state index < -0.39 is 0 Å². The summed E-state index contributed by atoms with van der Waals surface area (Å²) in [5, 5.41) is 2.69. The van der Waals surface area contributed by atoms with E-state index in [1.807, 2.05) is 17.5 Å². The summed E-state index contributed by atoms with van der Waals surface area (Å²) in [7, 11) is 0. The van der Waals surface area contributed by atoms with Crippen LogP contribution in [0.25, 0.3) is 48.4 Å². The van der Waals surface area contributed by atoms with Crippen molar-refractivity contribution in [2.24, 2.45) is 0 Å². The Balaban J connectivity index is 1.62. The average molecular weight is 487 g/mol. The van der Waals surface area contributed by atoms with E-state index in [2.05, 4.69) is 123 Å². The molecule has 2 heterocycles. The zero-order chi connectivity index (χ0) is 24.8. The monoisotopic (exact) mass is 486 g/mol. The molecule has 6 rings (SSSR count). The molecule has 2 nitrogen and oxygen atoms in total. The third kappa shape index (κ3) is 3.75. The number of hydrogen-bond acceptors (Lipinski definition) is 2. The van der Waals surface area contributed by atoms with Gasteiger partial charge in [-0.15, -0.1) is 11.3 Å². The zero-order valence-electron chi connectivity index (χ0n) is 21.2. The molecule has 0 radical (unpaired) electrons. The number of fused-ring (bicyclic) bond motifs is 3. The number of thiophene rings is 1. The average Bonchev–Trinajstić information content (AvgIpc) is 3.53. The van der Waals surface area contributed by atoms with E-state index in [1.165, 1.54) is 48.1 Å². The summed E-state index contributed by atoms with van der Waals surface area (Å²) in [5.74, 6) is 1.72. The first-order valence-corrected chi connectivity index (χ1v) is 13.5. The Bertz CT molecular complexity index is 1660.